The van der Waals surface area contributed by atoms with Crippen LogP contribution in [0.2, 0.25) is 0 Å². The van der Waals surface area contributed by atoms with Gasteiger partial charge in [-0.3, -0.25) is 14.2 Å². The molecule has 4 rings (SSSR count). The highest BCUT2D eigenvalue weighted by Gasteiger charge is 2.42. The van der Waals surface area contributed by atoms with Crippen LogP contribution >= 0.6 is 12.4 Å². The number of esters is 1. The summed E-state index contributed by atoms with van der Waals surface area (Å²) in [6.07, 6.45) is 1.17. The van der Waals surface area contributed by atoms with Gasteiger partial charge in [0.05, 0.1) is 7.11 Å². The lowest BCUT2D eigenvalue weighted by Crippen LogP contribution is -2.54. The Morgan fingerprint density at radius 1 is 1.17 bits per heavy atom. The van der Waals surface area contributed by atoms with Crippen molar-refractivity contribution in [1.29, 1.82) is 0 Å². The standard InChI is InChI=1S/C22H25N3O4.ClH/c1-29-22(28)17(10-14-6-3-2-4-7-14)24-21(27)20-16-11-15(12-23-13-16)18-8-5-9-19(26)25(18)20;/h2-9,15-17,20,23H,10-13H2,1H3,(H,24,27);1H/t15-,16+,17-,20-;/m1./s1. The minimum atomic E-state index is -0.813. The van der Waals surface area contributed by atoms with Crippen molar-refractivity contribution < 1.29 is 14.3 Å². The van der Waals surface area contributed by atoms with Gasteiger partial charge in [-0.1, -0.05) is 36.4 Å². The fourth-order valence-electron chi connectivity index (χ4n) is 4.57. The van der Waals surface area contributed by atoms with Crippen molar-refractivity contribution in [2.45, 2.75) is 30.8 Å². The zero-order chi connectivity index (χ0) is 20.4. The number of aromatic nitrogens is 1. The number of nitrogens with one attached hydrogen (secondary N) is 2. The normalized spacial score (nSPS) is 22.8. The lowest BCUT2D eigenvalue weighted by Gasteiger charge is -2.42. The van der Waals surface area contributed by atoms with Crippen LogP contribution in [0.1, 0.15) is 29.6 Å². The third-order valence-electron chi connectivity index (χ3n) is 5.90. The Hall–Kier alpha value is -2.64. The minimum absolute atomic E-state index is 0. The maximum atomic E-state index is 13.3. The fraction of sp³-hybridized carbons (Fsp3) is 0.409. The van der Waals surface area contributed by atoms with Gasteiger partial charge < -0.3 is 15.4 Å². The quantitative estimate of drug-likeness (QED) is 0.699. The van der Waals surface area contributed by atoms with Crippen molar-refractivity contribution in [2.75, 3.05) is 20.2 Å². The highest BCUT2D eigenvalue weighted by Crippen LogP contribution is 2.38. The van der Waals surface area contributed by atoms with Gasteiger partial charge >= 0.3 is 5.97 Å². The zero-order valence-electron chi connectivity index (χ0n) is 16.7. The Labute approximate surface area is 181 Å². The third-order valence-corrected chi connectivity index (χ3v) is 5.90. The molecular weight excluding hydrogens is 406 g/mol. The molecule has 0 spiro atoms. The Bertz CT molecular complexity index is 962. The van der Waals surface area contributed by atoms with Gasteiger partial charge in [0, 0.05) is 43.1 Å². The summed E-state index contributed by atoms with van der Waals surface area (Å²) in [4.78, 5) is 38.3. The number of methoxy groups -OCH3 is 1. The first-order chi connectivity index (χ1) is 14.1. The summed E-state index contributed by atoms with van der Waals surface area (Å²) in [6.45, 7) is 1.46. The Morgan fingerprint density at radius 3 is 2.67 bits per heavy atom. The number of hydrogen-bond donors (Lipinski definition) is 2. The molecule has 4 atom stereocenters. The van der Waals surface area contributed by atoms with E-state index in [4.69, 9.17) is 4.74 Å². The van der Waals surface area contributed by atoms with E-state index in [1.54, 1.807) is 10.6 Å². The highest BCUT2D eigenvalue weighted by atomic mass is 35.5. The van der Waals surface area contributed by atoms with Crippen LogP contribution in [0.3, 0.4) is 0 Å². The molecule has 1 aromatic carbocycles. The molecule has 8 heteroatoms. The van der Waals surface area contributed by atoms with Crippen molar-refractivity contribution in [2.24, 2.45) is 5.92 Å². The zero-order valence-corrected chi connectivity index (χ0v) is 17.6. The summed E-state index contributed by atoms with van der Waals surface area (Å²) in [5, 5.41) is 6.23. The first-order valence-corrected chi connectivity index (χ1v) is 9.92. The van der Waals surface area contributed by atoms with Gasteiger partial charge in [-0.15, -0.1) is 12.4 Å². The number of pyridine rings is 1. The summed E-state index contributed by atoms with van der Waals surface area (Å²) in [5.41, 5.74) is 1.61. The summed E-state index contributed by atoms with van der Waals surface area (Å²) in [7, 11) is 1.31. The molecule has 1 fully saturated rings. The molecule has 2 aromatic rings. The number of benzene rings is 1. The number of carbonyl (C=O) groups is 2. The van der Waals surface area contributed by atoms with Crippen LogP contribution < -0.4 is 16.2 Å². The second-order valence-corrected chi connectivity index (χ2v) is 7.73. The summed E-state index contributed by atoms with van der Waals surface area (Å²) < 4.78 is 6.53. The van der Waals surface area contributed by atoms with Gasteiger partial charge in [-0.05, 0) is 18.1 Å². The molecule has 160 valence electrons. The molecule has 3 heterocycles. The van der Waals surface area contributed by atoms with Crippen LogP contribution in [-0.4, -0.2) is 42.7 Å². The van der Waals surface area contributed by atoms with Crippen molar-refractivity contribution >= 4 is 24.3 Å². The number of nitrogens with zero attached hydrogens (tertiary/aromatic N) is 1. The monoisotopic (exact) mass is 431 g/mol. The van der Waals surface area contributed by atoms with Gasteiger partial charge in [0.2, 0.25) is 5.91 Å². The number of piperidine rings is 1. The predicted molar refractivity (Wildman–Crippen MR) is 115 cm³/mol. The van der Waals surface area contributed by atoms with Crippen LogP contribution in [0, 0.1) is 5.92 Å². The Morgan fingerprint density at radius 2 is 1.93 bits per heavy atom. The first kappa shape index (κ1) is 22.1. The lowest BCUT2D eigenvalue weighted by molar-refractivity contribution is -0.145. The molecule has 0 radical (unpaired) electrons. The summed E-state index contributed by atoms with van der Waals surface area (Å²) >= 11 is 0. The van der Waals surface area contributed by atoms with Crippen LogP contribution in [0.5, 0.6) is 0 Å². The first-order valence-electron chi connectivity index (χ1n) is 9.92. The van der Waals surface area contributed by atoms with E-state index in [2.05, 4.69) is 10.6 Å². The molecule has 0 aliphatic carbocycles. The number of amides is 1. The molecule has 0 unspecified atom stereocenters. The summed E-state index contributed by atoms with van der Waals surface area (Å²) in [5.74, 6) is -0.611. The van der Waals surface area contributed by atoms with E-state index in [0.717, 1.165) is 24.2 Å². The van der Waals surface area contributed by atoms with Gasteiger partial charge in [0.25, 0.3) is 5.56 Å². The Kier molecular flexibility index (Phi) is 6.95. The molecule has 1 aromatic heterocycles. The average molecular weight is 432 g/mol. The van der Waals surface area contributed by atoms with Gasteiger partial charge in [-0.2, -0.15) is 0 Å². The van der Waals surface area contributed by atoms with Crippen LogP contribution in [0.15, 0.2) is 53.3 Å². The average Bonchev–Trinajstić information content (AvgIpc) is 2.74. The van der Waals surface area contributed by atoms with Gasteiger partial charge in [0.1, 0.15) is 12.1 Å². The number of carbonyl (C=O) groups excluding carboxylic acids is 2. The van der Waals surface area contributed by atoms with Crippen molar-refractivity contribution in [3.8, 4) is 0 Å². The predicted octanol–water partition coefficient (Wildman–Crippen LogP) is 1.42. The topological polar surface area (TPSA) is 89.4 Å². The van der Waals surface area contributed by atoms with Crippen LogP contribution in [-0.2, 0) is 20.7 Å². The van der Waals surface area contributed by atoms with Crippen molar-refractivity contribution in [1.82, 2.24) is 15.2 Å². The molecular formula is C22H26ClN3O4. The smallest absolute Gasteiger partial charge is 0.328 e. The van der Waals surface area contributed by atoms with E-state index in [1.165, 1.54) is 13.2 Å². The second-order valence-electron chi connectivity index (χ2n) is 7.73. The van der Waals surface area contributed by atoms with E-state index in [9.17, 15) is 14.4 Å². The number of halogens is 1. The number of hydrogen-bond acceptors (Lipinski definition) is 5. The van der Waals surface area contributed by atoms with Gasteiger partial charge in [-0.25, -0.2) is 4.79 Å². The molecule has 2 aliphatic rings. The Balaban J connectivity index is 0.00000256. The maximum Gasteiger partial charge on any atom is 0.328 e. The third kappa shape index (κ3) is 4.27. The van der Waals surface area contributed by atoms with E-state index < -0.39 is 18.1 Å². The van der Waals surface area contributed by atoms with E-state index in [0.29, 0.717) is 13.0 Å². The second kappa shape index (κ2) is 9.45. The molecule has 1 saturated heterocycles. The summed E-state index contributed by atoms with van der Waals surface area (Å²) in [6, 6.07) is 13.1. The highest BCUT2D eigenvalue weighted by molar-refractivity contribution is 5.87. The molecule has 2 N–H and O–H groups in total. The number of ether oxygens (including phenoxy) is 1. The molecule has 30 heavy (non-hydrogen) atoms. The lowest BCUT2D eigenvalue weighted by atomic mass is 9.79. The SMILES string of the molecule is COC(=O)[C@@H](Cc1ccccc1)NC(=O)[C@H]1[C@@H]2CNC[C@@H](C2)c2cccc(=O)n21.Cl. The van der Waals surface area contributed by atoms with Gasteiger partial charge in [0.15, 0.2) is 0 Å². The van der Waals surface area contributed by atoms with E-state index in [1.807, 2.05) is 36.4 Å². The minimum Gasteiger partial charge on any atom is -0.467 e. The molecule has 1 amide bonds. The number of fused-ring (bicyclic) bond motifs is 4. The number of rotatable bonds is 5. The fourth-order valence-corrected chi connectivity index (χ4v) is 4.57. The largest absolute Gasteiger partial charge is 0.467 e. The molecule has 7 nitrogen and oxygen atoms in total. The molecule has 2 bridgehead atoms. The van der Waals surface area contributed by atoms with Crippen LogP contribution in [0.4, 0.5) is 0 Å². The van der Waals surface area contributed by atoms with E-state index >= 15 is 0 Å². The molecule has 0 saturated carbocycles. The molecule has 2 aliphatic heterocycles. The van der Waals surface area contributed by atoms with E-state index in [-0.39, 0.29) is 35.7 Å². The van der Waals surface area contributed by atoms with Crippen LogP contribution in [0.25, 0.3) is 0 Å². The maximum absolute atomic E-state index is 13.3. The van der Waals surface area contributed by atoms with Crippen molar-refractivity contribution in [3.05, 3.63) is 70.1 Å². The van der Waals surface area contributed by atoms with Crippen molar-refractivity contribution in [3.63, 3.8) is 0 Å².